The number of amides is 2. The Morgan fingerprint density at radius 1 is 0.733 bits per heavy atom. The first kappa shape index (κ1) is 17.6. The fraction of sp³-hybridized carbons (Fsp3) is 0.259. The minimum absolute atomic E-state index is 0.0450. The molecule has 148 valence electrons. The molecule has 3 aromatic rings. The second kappa shape index (κ2) is 6.15. The van der Waals surface area contributed by atoms with Gasteiger partial charge in [0.2, 0.25) is 11.8 Å². The molecule has 0 saturated carbocycles. The quantitative estimate of drug-likeness (QED) is 0.578. The molecule has 2 bridgehead atoms. The van der Waals surface area contributed by atoms with Crippen molar-refractivity contribution in [3.63, 3.8) is 0 Å². The summed E-state index contributed by atoms with van der Waals surface area (Å²) in [5, 5.41) is 0. The first-order valence-corrected chi connectivity index (χ1v) is 10.8. The van der Waals surface area contributed by atoms with Crippen molar-refractivity contribution in [3.8, 4) is 0 Å². The Morgan fingerprint density at radius 2 is 1.30 bits per heavy atom. The van der Waals surface area contributed by atoms with Crippen LogP contribution in [0.3, 0.4) is 0 Å². The third-order valence-electron chi connectivity index (χ3n) is 7.37. The minimum atomic E-state index is -0.323. The van der Waals surface area contributed by atoms with E-state index in [9.17, 15) is 9.59 Å². The van der Waals surface area contributed by atoms with E-state index in [1.165, 1.54) is 32.7 Å². The Morgan fingerprint density at radius 3 is 1.93 bits per heavy atom. The summed E-state index contributed by atoms with van der Waals surface area (Å²) in [6, 6.07) is 22.7. The number of hydrogen-bond acceptors (Lipinski definition) is 2. The van der Waals surface area contributed by atoms with Crippen LogP contribution < -0.4 is 4.90 Å². The standard InChI is InChI=1S/C27H23NO2/c1-3-16-12-13-19-20(14-16)23-18-10-6-5-9-17(18)22(19)24-25(23)27(30)28(26(24)29)21-11-7-4-8-15(21)2/h4-14,22-25H,3H2,1-2H3. The van der Waals surface area contributed by atoms with Gasteiger partial charge >= 0.3 is 0 Å². The number of carbonyl (C=O) groups is 2. The summed E-state index contributed by atoms with van der Waals surface area (Å²) < 4.78 is 0. The number of benzene rings is 3. The van der Waals surface area contributed by atoms with Crippen LogP contribution in [0, 0.1) is 18.8 Å². The van der Waals surface area contributed by atoms with E-state index < -0.39 is 0 Å². The summed E-state index contributed by atoms with van der Waals surface area (Å²) in [4.78, 5) is 29.0. The highest BCUT2D eigenvalue weighted by molar-refractivity contribution is 6.23. The summed E-state index contributed by atoms with van der Waals surface area (Å²) in [7, 11) is 0. The van der Waals surface area contributed by atoms with Crippen LogP contribution in [0.2, 0.25) is 0 Å². The number of anilines is 1. The number of carbonyl (C=O) groups excluding carboxylic acids is 2. The maximum Gasteiger partial charge on any atom is 0.238 e. The molecule has 1 heterocycles. The van der Waals surface area contributed by atoms with Crippen molar-refractivity contribution in [1.29, 1.82) is 0 Å². The lowest BCUT2D eigenvalue weighted by Gasteiger charge is -2.46. The number of rotatable bonds is 2. The van der Waals surface area contributed by atoms with E-state index in [0.717, 1.165) is 17.7 Å². The number of nitrogens with zero attached hydrogens (tertiary/aromatic N) is 1. The van der Waals surface area contributed by atoms with Gasteiger partial charge in [-0.15, -0.1) is 0 Å². The normalized spacial score (nSPS) is 25.9. The van der Waals surface area contributed by atoms with E-state index in [0.29, 0.717) is 0 Å². The minimum Gasteiger partial charge on any atom is -0.274 e. The van der Waals surface area contributed by atoms with E-state index in [4.69, 9.17) is 0 Å². The van der Waals surface area contributed by atoms with Gasteiger partial charge in [-0.1, -0.05) is 67.6 Å². The second-order valence-corrected chi connectivity index (χ2v) is 8.75. The van der Waals surface area contributed by atoms with Crippen LogP contribution in [-0.4, -0.2) is 11.8 Å². The van der Waals surface area contributed by atoms with Gasteiger partial charge in [-0.25, -0.2) is 4.90 Å². The number of imide groups is 1. The Balaban J connectivity index is 1.58. The van der Waals surface area contributed by atoms with E-state index in [2.05, 4.69) is 49.4 Å². The van der Waals surface area contributed by atoms with Gasteiger partial charge in [0.1, 0.15) is 0 Å². The SMILES string of the molecule is CCc1ccc2c(c1)C1c3ccccc3C2C2C(=O)N(c3ccccc3C)C(=O)C12. The maximum atomic E-state index is 13.8. The summed E-state index contributed by atoms with van der Waals surface area (Å²) in [5.74, 6) is -0.843. The van der Waals surface area contributed by atoms with Crippen LogP contribution in [0.25, 0.3) is 0 Å². The van der Waals surface area contributed by atoms with Gasteiger partial charge in [-0.05, 0) is 52.8 Å². The van der Waals surface area contributed by atoms with Crippen LogP contribution in [0.4, 0.5) is 5.69 Å². The van der Waals surface area contributed by atoms with Crippen LogP contribution in [-0.2, 0) is 16.0 Å². The van der Waals surface area contributed by atoms with Crippen molar-refractivity contribution in [2.24, 2.45) is 11.8 Å². The molecule has 0 aromatic heterocycles. The van der Waals surface area contributed by atoms with E-state index in [-0.39, 0.29) is 35.5 Å². The molecule has 4 unspecified atom stereocenters. The van der Waals surface area contributed by atoms with Crippen LogP contribution in [0.5, 0.6) is 0 Å². The first-order chi connectivity index (χ1) is 14.6. The maximum absolute atomic E-state index is 13.8. The molecule has 0 spiro atoms. The predicted octanol–water partition coefficient (Wildman–Crippen LogP) is 4.95. The van der Waals surface area contributed by atoms with Gasteiger partial charge in [0, 0.05) is 11.8 Å². The summed E-state index contributed by atoms with van der Waals surface area (Å²) in [6.07, 6.45) is 0.961. The van der Waals surface area contributed by atoms with Crippen LogP contribution >= 0.6 is 0 Å². The molecule has 30 heavy (non-hydrogen) atoms. The van der Waals surface area contributed by atoms with Gasteiger partial charge in [0.25, 0.3) is 0 Å². The average Bonchev–Trinajstić information content (AvgIpc) is 3.04. The third-order valence-corrected chi connectivity index (χ3v) is 7.37. The number of hydrogen-bond donors (Lipinski definition) is 0. The third kappa shape index (κ3) is 2.10. The predicted molar refractivity (Wildman–Crippen MR) is 117 cm³/mol. The fourth-order valence-corrected chi connectivity index (χ4v) is 6.05. The highest BCUT2D eigenvalue weighted by atomic mass is 16.2. The molecular formula is C27H23NO2. The molecule has 2 amide bonds. The van der Waals surface area contributed by atoms with E-state index in [1.807, 2.05) is 31.2 Å². The molecule has 0 N–H and O–H groups in total. The molecule has 3 nitrogen and oxygen atoms in total. The molecule has 7 rings (SSSR count). The summed E-state index contributed by atoms with van der Waals surface area (Å²) in [6.45, 7) is 4.12. The van der Waals surface area contributed by atoms with Gasteiger partial charge < -0.3 is 0 Å². The Hall–Kier alpha value is -3.20. The van der Waals surface area contributed by atoms with Crippen molar-refractivity contribution in [2.45, 2.75) is 32.1 Å². The highest BCUT2D eigenvalue weighted by Gasteiger charge is 2.61. The summed E-state index contributed by atoms with van der Waals surface area (Å²) in [5.41, 5.74) is 7.86. The smallest absolute Gasteiger partial charge is 0.238 e. The van der Waals surface area contributed by atoms with Crippen molar-refractivity contribution in [3.05, 3.63) is 100 Å². The molecule has 4 aliphatic rings. The summed E-state index contributed by atoms with van der Waals surface area (Å²) >= 11 is 0. The molecule has 1 saturated heterocycles. The average molecular weight is 393 g/mol. The van der Waals surface area contributed by atoms with Crippen LogP contribution in [0.15, 0.2) is 66.7 Å². The van der Waals surface area contributed by atoms with Crippen molar-refractivity contribution in [1.82, 2.24) is 0 Å². The lowest BCUT2D eigenvalue weighted by molar-refractivity contribution is -0.122. The van der Waals surface area contributed by atoms with Gasteiger partial charge in [0.15, 0.2) is 0 Å². The van der Waals surface area contributed by atoms with Crippen LogP contribution in [0.1, 0.15) is 52.1 Å². The van der Waals surface area contributed by atoms with Gasteiger partial charge in [-0.3, -0.25) is 9.59 Å². The lowest BCUT2D eigenvalue weighted by Crippen LogP contribution is -2.41. The van der Waals surface area contributed by atoms with Gasteiger partial charge in [0.05, 0.1) is 17.5 Å². The largest absolute Gasteiger partial charge is 0.274 e. The zero-order valence-electron chi connectivity index (χ0n) is 17.1. The molecular weight excluding hydrogens is 370 g/mol. The second-order valence-electron chi connectivity index (χ2n) is 8.75. The zero-order chi connectivity index (χ0) is 20.6. The Labute approximate surface area is 176 Å². The monoisotopic (exact) mass is 393 g/mol. The van der Waals surface area contributed by atoms with Crippen molar-refractivity contribution in [2.75, 3.05) is 4.90 Å². The molecule has 3 aromatic carbocycles. The number of aryl methyl sites for hydroxylation is 2. The molecule has 1 fully saturated rings. The van der Waals surface area contributed by atoms with E-state index in [1.54, 1.807) is 0 Å². The van der Waals surface area contributed by atoms with Gasteiger partial charge in [-0.2, -0.15) is 0 Å². The molecule has 3 aliphatic carbocycles. The van der Waals surface area contributed by atoms with E-state index >= 15 is 0 Å². The Bertz CT molecular complexity index is 1230. The number of para-hydroxylation sites is 1. The lowest BCUT2D eigenvalue weighted by atomic mass is 9.55. The zero-order valence-corrected chi connectivity index (χ0v) is 17.1. The molecule has 4 atom stereocenters. The van der Waals surface area contributed by atoms with Crippen molar-refractivity contribution >= 4 is 17.5 Å². The fourth-order valence-electron chi connectivity index (χ4n) is 6.05. The van der Waals surface area contributed by atoms with Crippen molar-refractivity contribution < 1.29 is 9.59 Å². The molecule has 1 aliphatic heterocycles. The Kier molecular flexibility index (Phi) is 3.62. The molecule has 3 heteroatoms. The highest BCUT2D eigenvalue weighted by Crippen LogP contribution is 2.61. The molecule has 0 radical (unpaired) electrons. The first-order valence-electron chi connectivity index (χ1n) is 10.8. The topological polar surface area (TPSA) is 37.4 Å².